The zero-order chi connectivity index (χ0) is 11.3. The topological polar surface area (TPSA) is 22.1 Å². The normalized spacial score (nSPS) is 12.8. The van der Waals surface area contributed by atoms with Crippen molar-refractivity contribution in [3.05, 3.63) is 28.0 Å². The van der Waals surface area contributed by atoms with Gasteiger partial charge in [-0.25, -0.2) is 4.98 Å². The minimum atomic E-state index is 0.229. The highest BCUT2D eigenvalue weighted by Gasteiger charge is 2.06. The predicted molar refractivity (Wildman–Crippen MR) is 63.4 cm³/mol. The molecule has 0 aliphatic carbocycles. The molecule has 0 saturated carbocycles. The van der Waals surface area contributed by atoms with Crippen LogP contribution in [0.1, 0.15) is 32.4 Å². The summed E-state index contributed by atoms with van der Waals surface area (Å²) in [5.74, 6) is 0. The van der Waals surface area contributed by atoms with Gasteiger partial charge in [-0.15, -0.1) is 0 Å². The van der Waals surface area contributed by atoms with Gasteiger partial charge < -0.3 is 4.74 Å². The van der Waals surface area contributed by atoms with Crippen LogP contribution in [0.2, 0.25) is 10.2 Å². The quantitative estimate of drug-likeness (QED) is 0.732. The van der Waals surface area contributed by atoms with Gasteiger partial charge in [0.15, 0.2) is 0 Å². The Hall–Kier alpha value is -0.310. The molecule has 0 aromatic carbocycles. The van der Waals surface area contributed by atoms with Gasteiger partial charge in [0.05, 0.1) is 23.4 Å². The van der Waals surface area contributed by atoms with Crippen LogP contribution in [0.5, 0.6) is 0 Å². The van der Waals surface area contributed by atoms with Gasteiger partial charge in [-0.05, 0) is 25.5 Å². The van der Waals surface area contributed by atoms with Crippen molar-refractivity contribution >= 4 is 23.2 Å². The molecule has 15 heavy (non-hydrogen) atoms. The van der Waals surface area contributed by atoms with Crippen molar-refractivity contribution in [3.63, 3.8) is 0 Å². The van der Waals surface area contributed by atoms with Crippen LogP contribution in [0.3, 0.4) is 0 Å². The minimum absolute atomic E-state index is 0.229. The van der Waals surface area contributed by atoms with E-state index >= 15 is 0 Å². The van der Waals surface area contributed by atoms with Gasteiger partial charge in [-0.1, -0.05) is 36.5 Å². The minimum Gasteiger partial charge on any atom is -0.372 e. The fourth-order valence-corrected chi connectivity index (χ4v) is 1.59. The summed E-state index contributed by atoms with van der Waals surface area (Å²) >= 11 is 11.7. The molecule has 1 heterocycles. The van der Waals surface area contributed by atoms with Gasteiger partial charge in [0.2, 0.25) is 0 Å². The molecule has 84 valence electrons. The van der Waals surface area contributed by atoms with Gasteiger partial charge in [0.25, 0.3) is 0 Å². The fraction of sp³-hybridized carbons (Fsp3) is 0.545. The van der Waals surface area contributed by atoms with Gasteiger partial charge in [-0.2, -0.15) is 0 Å². The lowest BCUT2D eigenvalue weighted by Crippen LogP contribution is -2.08. The maximum Gasteiger partial charge on any atom is 0.129 e. The number of aromatic nitrogens is 1. The third-order valence-corrected chi connectivity index (χ3v) is 2.64. The summed E-state index contributed by atoms with van der Waals surface area (Å²) in [7, 11) is 0. The second-order valence-corrected chi connectivity index (χ2v) is 4.27. The van der Waals surface area contributed by atoms with Crippen molar-refractivity contribution in [2.45, 2.75) is 39.4 Å². The second kappa shape index (κ2) is 6.31. The van der Waals surface area contributed by atoms with Crippen LogP contribution in [0, 0.1) is 0 Å². The summed E-state index contributed by atoms with van der Waals surface area (Å²) in [6.07, 6.45) is 2.38. The van der Waals surface area contributed by atoms with Gasteiger partial charge >= 0.3 is 0 Å². The number of hydrogen-bond acceptors (Lipinski definition) is 2. The molecule has 2 nitrogen and oxygen atoms in total. The molecule has 1 rings (SSSR count). The number of ether oxygens (including phenoxy) is 1. The Morgan fingerprint density at radius 1 is 1.40 bits per heavy atom. The summed E-state index contributed by atoms with van der Waals surface area (Å²) in [6, 6.07) is 3.41. The molecular formula is C11H15Cl2NO. The smallest absolute Gasteiger partial charge is 0.129 e. The van der Waals surface area contributed by atoms with E-state index in [2.05, 4.69) is 11.9 Å². The molecule has 0 fully saturated rings. The second-order valence-electron chi connectivity index (χ2n) is 3.47. The maximum absolute atomic E-state index is 5.96. The van der Waals surface area contributed by atoms with Crippen LogP contribution in [0.25, 0.3) is 0 Å². The zero-order valence-electron chi connectivity index (χ0n) is 8.96. The van der Waals surface area contributed by atoms with E-state index < -0.39 is 0 Å². The summed E-state index contributed by atoms with van der Waals surface area (Å²) in [4.78, 5) is 4.11. The first-order valence-corrected chi connectivity index (χ1v) is 5.81. The Morgan fingerprint density at radius 2 is 2.13 bits per heavy atom. The Labute approximate surface area is 101 Å². The Morgan fingerprint density at radius 3 is 2.80 bits per heavy atom. The summed E-state index contributed by atoms with van der Waals surface area (Å²) < 4.78 is 5.60. The number of rotatable bonds is 5. The van der Waals surface area contributed by atoms with Gasteiger partial charge in [0, 0.05) is 0 Å². The van der Waals surface area contributed by atoms with Crippen molar-refractivity contribution in [2.24, 2.45) is 0 Å². The van der Waals surface area contributed by atoms with E-state index in [1.165, 1.54) is 0 Å². The highest BCUT2D eigenvalue weighted by atomic mass is 35.5. The fourth-order valence-electron chi connectivity index (χ4n) is 1.27. The molecule has 0 spiro atoms. The average molecular weight is 248 g/mol. The average Bonchev–Trinajstić information content (AvgIpc) is 2.20. The number of halogens is 2. The standard InChI is InChI=1S/C11H15Cl2NO/c1-3-4-8(2)15-7-10-9(12)5-6-11(13)14-10/h5-6,8H,3-4,7H2,1-2H3. The predicted octanol–water partition coefficient (Wildman–Crippen LogP) is 4.09. The molecule has 0 saturated heterocycles. The molecule has 0 radical (unpaired) electrons. The number of pyridine rings is 1. The zero-order valence-corrected chi connectivity index (χ0v) is 10.5. The molecule has 1 unspecified atom stereocenters. The largest absolute Gasteiger partial charge is 0.372 e. The van der Waals surface area contributed by atoms with Gasteiger partial charge in [0.1, 0.15) is 5.15 Å². The molecule has 0 aliphatic heterocycles. The van der Waals surface area contributed by atoms with E-state index in [0.717, 1.165) is 12.8 Å². The Bertz CT molecular complexity index is 317. The van der Waals surface area contributed by atoms with E-state index in [1.807, 2.05) is 6.92 Å². The molecule has 4 heteroatoms. The van der Waals surface area contributed by atoms with Crippen LogP contribution in [-0.4, -0.2) is 11.1 Å². The van der Waals surface area contributed by atoms with Crippen LogP contribution < -0.4 is 0 Å². The highest BCUT2D eigenvalue weighted by Crippen LogP contribution is 2.18. The van der Waals surface area contributed by atoms with Crippen LogP contribution in [0.4, 0.5) is 0 Å². The van der Waals surface area contributed by atoms with Crippen LogP contribution in [0.15, 0.2) is 12.1 Å². The summed E-state index contributed by atoms with van der Waals surface area (Å²) in [5.41, 5.74) is 0.701. The molecule has 1 aromatic heterocycles. The van der Waals surface area contributed by atoms with E-state index in [-0.39, 0.29) is 6.10 Å². The highest BCUT2D eigenvalue weighted by molar-refractivity contribution is 6.32. The summed E-state index contributed by atoms with van der Waals surface area (Å²) in [6.45, 7) is 4.59. The van der Waals surface area contributed by atoms with E-state index in [9.17, 15) is 0 Å². The number of nitrogens with zero attached hydrogens (tertiary/aromatic N) is 1. The third kappa shape index (κ3) is 4.37. The molecule has 1 atom stereocenters. The van der Waals surface area contributed by atoms with Crippen LogP contribution in [-0.2, 0) is 11.3 Å². The Kier molecular flexibility index (Phi) is 5.37. The first-order chi connectivity index (χ1) is 7.13. The van der Waals surface area contributed by atoms with Crippen molar-refractivity contribution in [2.75, 3.05) is 0 Å². The molecule has 0 N–H and O–H groups in total. The molecule has 0 amide bonds. The SMILES string of the molecule is CCCC(C)OCc1nc(Cl)ccc1Cl. The van der Waals surface area contributed by atoms with E-state index in [4.69, 9.17) is 27.9 Å². The lowest BCUT2D eigenvalue weighted by molar-refractivity contribution is 0.0453. The number of hydrogen-bond donors (Lipinski definition) is 0. The lowest BCUT2D eigenvalue weighted by Gasteiger charge is -2.12. The molecule has 1 aromatic rings. The maximum atomic E-state index is 5.96. The summed E-state index contributed by atoms with van der Waals surface area (Å²) in [5, 5.41) is 1.05. The van der Waals surface area contributed by atoms with Crippen molar-refractivity contribution in [1.82, 2.24) is 4.98 Å². The van der Waals surface area contributed by atoms with Crippen LogP contribution >= 0.6 is 23.2 Å². The van der Waals surface area contributed by atoms with Crippen molar-refractivity contribution in [1.29, 1.82) is 0 Å². The van der Waals surface area contributed by atoms with E-state index in [1.54, 1.807) is 12.1 Å². The first-order valence-electron chi connectivity index (χ1n) is 5.06. The van der Waals surface area contributed by atoms with Crippen molar-refractivity contribution < 1.29 is 4.74 Å². The molecule has 0 bridgehead atoms. The molecule has 0 aliphatic rings. The monoisotopic (exact) mass is 247 g/mol. The first kappa shape index (κ1) is 12.8. The molecular weight excluding hydrogens is 233 g/mol. The van der Waals surface area contributed by atoms with Crippen molar-refractivity contribution in [3.8, 4) is 0 Å². The third-order valence-electron chi connectivity index (χ3n) is 2.08. The lowest BCUT2D eigenvalue weighted by atomic mass is 10.2. The van der Waals surface area contributed by atoms with Gasteiger partial charge in [-0.3, -0.25) is 0 Å². The Balaban J connectivity index is 2.53. The van der Waals surface area contributed by atoms with E-state index in [0.29, 0.717) is 22.5 Å².